The first-order chi connectivity index (χ1) is 16.0. The molecule has 33 heavy (non-hydrogen) atoms. The van der Waals surface area contributed by atoms with Gasteiger partial charge < -0.3 is 18.9 Å². The van der Waals surface area contributed by atoms with Crippen molar-refractivity contribution in [3.05, 3.63) is 86.9 Å². The summed E-state index contributed by atoms with van der Waals surface area (Å²) in [6.45, 7) is 1.68. The zero-order valence-corrected chi connectivity index (χ0v) is 17.3. The number of hydrogen-bond donors (Lipinski definition) is 2. The Morgan fingerprint density at radius 2 is 1.91 bits per heavy atom. The highest BCUT2D eigenvalue weighted by molar-refractivity contribution is 5.92. The number of ether oxygens (including phenoxy) is 2. The third kappa shape index (κ3) is 4.64. The Hall–Kier alpha value is -4.73. The minimum atomic E-state index is -0.867. The molecule has 0 radical (unpaired) electrons. The maximum atomic E-state index is 13.0. The number of pyridine rings is 2. The summed E-state index contributed by atoms with van der Waals surface area (Å²) in [6.07, 6.45) is 1.93. The Morgan fingerprint density at radius 3 is 2.67 bits per heavy atom. The molecule has 0 spiro atoms. The molecule has 0 saturated heterocycles. The summed E-state index contributed by atoms with van der Waals surface area (Å²) in [5.74, 6) is -1.27. The highest BCUT2D eigenvalue weighted by Gasteiger charge is 2.20. The predicted octanol–water partition coefficient (Wildman–Crippen LogP) is 3.33. The zero-order valence-electron chi connectivity index (χ0n) is 17.3. The fourth-order valence-electron chi connectivity index (χ4n) is 3.07. The Balaban J connectivity index is 1.81. The van der Waals surface area contributed by atoms with Gasteiger partial charge in [-0.1, -0.05) is 12.1 Å². The van der Waals surface area contributed by atoms with Gasteiger partial charge in [-0.25, -0.2) is 9.59 Å². The van der Waals surface area contributed by atoms with Crippen LogP contribution in [0, 0.1) is 0 Å². The lowest BCUT2D eigenvalue weighted by atomic mass is 10.1. The molecule has 0 aliphatic carbocycles. The standard InChI is InChI=1S/C23H17N3O7/c1-2-31-23(30)26-21-20(18-10-15(27)14-7-3-4-8-17(14)32-18)16(28)11-19(25-21)33-22(29)13-6-5-9-24-12-13/h3-12H,2H2,1H3,(H2,25,26,28,30). The second-order valence-electron chi connectivity index (χ2n) is 6.70. The summed E-state index contributed by atoms with van der Waals surface area (Å²) in [5, 5.41) is 2.72. The lowest BCUT2D eigenvalue weighted by molar-refractivity contribution is 0.0727. The molecule has 0 saturated carbocycles. The van der Waals surface area contributed by atoms with Gasteiger partial charge in [0.05, 0.1) is 17.6 Å². The number of para-hydroxylation sites is 1. The van der Waals surface area contributed by atoms with Crippen molar-refractivity contribution in [2.75, 3.05) is 11.9 Å². The number of fused-ring (bicyclic) bond motifs is 1. The topological polar surface area (TPSA) is 141 Å². The SMILES string of the molecule is CCOC(=O)Nc1[nH]c(OC(=O)c2cccnc2)cc(=O)c1-c1cc(=O)c2ccccc2o1. The minimum absolute atomic E-state index is 0.0755. The zero-order chi connectivity index (χ0) is 23.4. The molecule has 0 fully saturated rings. The molecular weight excluding hydrogens is 430 g/mol. The average Bonchev–Trinajstić information content (AvgIpc) is 2.79. The Kier molecular flexibility index (Phi) is 5.98. The number of H-pyrrole nitrogens is 1. The van der Waals surface area contributed by atoms with E-state index in [1.807, 2.05) is 0 Å². The van der Waals surface area contributed by atoms with Gasteiger partial charge in [-0.3, -0.25) is 19.9 Å². The van der Waals surface area contributed by atoms with Crippen LogP contribution >= 0.6 is 0 Å². The van der Waals surface area contributed by atoms with Crippen LogP contribution in [-0.2, 0) is 4.74 Å². The van der Waals surface area contributed by atoms with Gasteiger partial charge in [0.25, 0.3) is 0 Å². The fourth-order valence-corrected chi connectivity index (χ4v) is 3.07. The van der Waals surface area contributed by atoms with Gasteiger partial charge in [0.1, 0.15) is 22.7 Å². The normalized spacial score (nSPS) is 10.6. The van der Waals surface area contributed by atoms with E-state index in [0.29, 0.717) is 5.39 Å². The number of benzene rings is 1. The van der Waals surface area contributed by atoms with Crippen LogP contribution in [0.15, 0.2) is 74.9 Å². The number of aromatic amines is 1. The Morgan fingerprint density at radius 1 is 1.09 bits per heavy atom. The number of hydrogen-bond acceptors (Lipinski definition) is 8. The summed E-state index contributed by atoms with van der Waals surface area (Å²) < 4.78 is 15.9. The van der Waals surface area contributed by atoms with E-state index in [-0.39, 0.29) is 46.2 Å². The van der Waals surface area contributed by atoms with Gasteiger partial charge in [0.15, 0.2) is 10.9 Å². The van der Waals surface area contributed by atoms with Crippen molar-refractivity contribution in [2.45, 2.75) is 6.92 Å². The van der Waals surface area contributed by atoms with Crippen LogP contribution in [0.3, 0.4) is 0 Å². The van der Waals surface area contributed by atoms with Crippen LogP contribution < -0.4 is 20.9 Å². The number of nitrogens with zero attached hydrogens (tertiary/aromatic N) is 1. The molecule has 0 atom stereocenters. The molecule has 0 aliphatic heterocycles. The molecule has 3 aromatic heterocycles. The third-order valence-electron chi connectivity index (χ3n) is 4.49. The number of aromatic nitrogens is 2. The molecule has 1 amide bonds. The Labute approximate surface area is 185 Å². The summed E-state index contributed by atoms with van der Waals surface area (Å²) in [6, 6.07) is 11.7. The monoisotopic (exact) mass is 447 g/mol. The van der Waals surface area contributed by atoms with Gasteiger partial charge in [-0.2, -0.15) is 0 Å². The molecule has 10 nitrogen and oxygen atoms in total. The maximum absolute atomic E-state index is 13.0. The lowest BCUT2D eigenvalue weighted by Crippen LogP contribution is -2.20. The van der Waals surface area contributed by atoms with Gasteiger partial charge in [0, 0.05) is 24.5 Å². The highest BCUT2D eigenvalue weighted by Crippen LogP contribution is 2.27. The van der Waals surface area contributed by atoms with Crippen LogP contribution in [0.1, 0.15) is 17.3 Å². The first kappa shape index (κ1) is 21.5. The van der Waals surface area contributed by atoms with Crippen molar-refractivity contribution in [3.8, 4) is 17.2 Å². The lowest BCUT2D eigenvalue weighted by Gasteiger charge is -2.13. The quantitative estimate of drug-likeness (QED) is 0.444. The summed E-state index contributed by atoms with van der Waals surface area (Å²) in [7, 11) is 0. The fraction of sp³-hybridized carbons (Fsp3) is 0.0870. The molecule has 1 aromatic carbocycles. The molecule has 2 N–H and O–H groups in total. The largest absolute Gasteiger partial charge is 0.456 e. The Bertz CT molecular complexity index is 1460. The number of anilines is 1. The van der Waals surface area contributed by atoms with E-state index >= 15 is 0 Å². The number of esters is 1. The molecule has 3 heterocycles. The van der Waals surface area contributed by atoms with Crippen molar-refractivity contribution in [2.24, 2.45) is 0 Å². The van der Waals surface area contributed by atoms with Gasteiger partial charge in [-0.05, 0) is 31.2 Å². The third-order valence-corrected chi connectivity index (χ3v) is 4.49. The van der Waals surface area contributed by atoms with E-state index in [4.69, 9.17) is 13.9 Å². The van der Waals surface area contributed by atoms with E-state index in [1.54, 1.807) is 37.3 Å². The molecule has 166 valence electrons. The second kappa shape index (κ2) is 9.18. The first-order valence-corrected chi connectivity index (χ1v) is 9.83. The van der Waals surface area contributed by atoms with Crippen LogP contribution in [0.4, 0.5) is 10.6 Å². The molecular formula is C23H17N3O7. The number of rotatable bonds is 5. The van der Waals surface area contributed by atoms with Gasteiger partial charge in [0.2, 0.25) is 5.88 Å². The van der Waals surface area contributed by atoms with Crippen LogP contribution in [0.2, 0.25) is 0 Å². The molecule has 0 bridgehead atoms. The van der Waals surface area contributed by atoms with Crippen molar-refractivity contribution >= 4 is 28.8 Å². The van der Waals surface area contributed by atoms with E-state index in [2.05, 4.69) is 15.3 Å². The van der Waals surface area contributed by atoms with Gasteiger partial charge in [-0.15, -0.1) is 0 Å². The van der Waals surface area contributed by atoms with E-state index in [0.717, 1.165) is 12.1 Å². The predicted molar refractivity (Wildman–Crippen MR) is 118 cm³/mol. The van der Waals surface area contributed by atoms with Crippen LogP contribution in [0.5, 0.6) is 5.88 Å². The van der Waals surface area contributed by atoms with Crippen molar-refractivity contribution < 1.29 is 23.5 Å². The minimum Gasteiger partial charge on any atom is -0.456 e. The van der Waals surface area contributed by atoms with Crippen molar-refractivity contribution in [1.82, 2.24) is 9.97 Å². The summed E-state index contributed by atoms with van der Waals surface area (Å²) in [4.78, 5) is 56.5. The molecule has 0 unspecified atom stereocenters. The van der Waals surface area contributed by atoms with Crippen molar-refractivity contribution in [3.63, 3.8) is 0 Å². The van der Waals surface area contributed by atoms with E-state index < -0.39 is 17.5 Å². The number of carbonyl (C=O) groups is 2. The summed E-state index contributed by atoms with van der Waals surface area (Å²) in [5.41, 5.74) is -0.781. The average molecular weight is 447 g/mol. The van der Waals surface area contributed by atoms with Crippen LogP contribution in [0.25, 0.3) is 22.3 Å². The maximum Gasteiger partial charge on any atom is 0.412 e. The van der Waals surface area contributed by atoms with E-state index in [9.17, 15) is 19.2 Å². The number of amides is 1. The van der Waals surface area contributed by atoms with Crippen LogP contribution in [-0.4, -0.2) is 28.6 Å². The summed E-state index contributed by atoms with van der Waals surface area (Å²) >= 11 is 0. The van der Waals surface area contributed by atoms with Crippen molar-refractivity contribution in [1.29, 1.82) is 0 Å². The highest BCUT2D eigenvalue weighted by atomic mass is 16.6. The molecule has 4 aromatic rings. The smallest absolute Gasteiger partial charge is 0.412 e. The number of nitrogens with one attached hydrogen (secondary N) is 2. The second-order valence-corrected chi connectivity index (χ2v) is 6.70. The van der Waals surface area contributed by atoms with Gasteiger partial charge >= 0.3 is 12.1 Å². The van der Waals surface area contributed by atoms with E-state index in [1.165, 1.54) is 18.5 Å². The molecule has 10 heteroatoms. The number of carbonyl (C=O) groups excluding carboxylic acids is 2. The molecule has 0 aliphatic rings. The molecule has 4 rings (SSSR count). The first-order valence-electron chi connectivity index (χ1n) is 9.83.